The Bertz CT molecular complexity index is 752. The van der Waals surface area contributed by atoms with E-state index in [1.54, 1.807) is 17.4 Å². The molecular formula is C13H11FN4OS. The second-order valence-electron chi connectivity index (χ2n) is 4.29. The van der Waals surface area contributed by atoms with Crippen LogP contribution in [0.1, 0.15) is 16.5 Å². The Labute approximate surface area is 118 Å². The first-order valence-electron chi connectivity index (χ1n) is 5.91. The molecular weight excluding hydrogens is 279 g/mol. The summed E-state index contributed by atoms with van der Waals surface area (Å²) in [6.45, 7) is 1.94. The first kappa shape index (κ1) is 12.7. The number of thiazole rings is 1. The first-order chi connectivity index (χ1) is 9.61. The van der Waals surface area contributed by atoms with Gasteiger partial charge in [-0.25, -0.2) is 9.37 Å². The molecule has 0 aliphatic heterocycles. The Morgan fingerprint density at radius 1 is 1.35 bits per heavy atom. The van der Waals surface area contributed by atoms with Crippen molar-refractivity contribution in [2.24, 2.45) is 0 Å². The van der Waals surface area contributed by atoms with Crippen molar-refractivity contribution in [2.75, 3.05) is 5.73 Å². The Balaban J connectivity index is 1.84. The summed E-state index contributed by atoms with van der Waals surface area (Å²) in [4.78, 5) is 8.57. The lowest BCUT2D eigenvalue weighted by molar-refractivity contribution is 0.423. The van der Waals surface area contributed by atoms with Crippen LogP contribution in [0.2, 0.25) is 0 Å². The summed E-state index contributed by atoms with van der Waals surface area (Å²) in [5, 5.41) is 6.82. The molecule has 2 heterocycles. The predicted octanol–water partition coefficient (Wildman–Crippen LogP) is 2.81. The number of halogens is 1. The number of hydrogen-bond donors (Lipinski definition) is 1. The van der Waals surface area contributed by atoms with E-state index >= 15 is 0 Å². The minimum atomic E-state index is -0.502. The van der Waals surface area contributed by atoms with Gasteiger partial charge in [0.25, 0.3) is 5.89 Å². The Morgan fingerprint density at radius 2 is 2.20 bits per heavy atom. The van der Waals surface area contributed by atoms with Gasteiger partial charge in [0.2, 0.25) is 0 Å². The van der Waals surface area contributed by atoms with E-state index in [4.69, 9.17) is 10.3 Å². The van der Waals surface area contributed by atoms with Crippen LogP contribution in [0.15, 0.2) is 28.1 Å². The minimum absolute atomic E-state index is 0.0893. The fraction of sp³-hybridized carbons (Fsp3) is 0.154. The molecule has 5 nitrogen and oxygen atoms in total. The van der Waals surface area contributed by atoms with Crippen LogP contribution in [-0.4, -0.2) is 15.1 Å². The maximum Gasteiger partial charge on any atom is 0.258 e. The van der Waals surface area contributed by atoms with E-state index in [-0.39, 0.29) is 11.6 Å². The Hall–Kier alpha value is -2.28. The number of rotatable bonds is 3. The number of nitrogens with two attached hydrogens (primary N) is 1. The molecule has 0 fully saturated rings. The van der Waals surface area contributed by atoms with Gasteiger partial charge in [0, 0.05) is 10.9 Å². The Kier molecular flexibility index (Phi) is 3.19. The molecule has 1 aromatic carbocycles. The summed E-state index contributed by atoms with van der Waals surface area (Å²) in [6.07, 6.45) is 0.491. The van der Waals surface area contributed by atoms with Crippen LogP contribution in [0.4, 0.5) is 10.1 Å². The summed E-state index contributed by atoms with van der Waals surface area (Å²) in [6, 6.07) is 4.39. The molecule has 3 rings (SSSR count). The second kappa shape index (κ2) is 5.01. The number of anilines is 1. The van der Waals surface area contributed by atoms with Crippen LogP contribution in [0.25, 0.3) is 11.5 Å². The van der Waals surface area contributed by atoms with Gasteiger partial charge in [0.1, 0.15) is 5.82 Å². The molecule has 0 saturated carbocycles. The predicted molar refractivity (Wildman–Crippen MR) is 73.8 cm³/mol. The van der Waals surface area contributed by atoms with Crippen LogP contribution in [-0.2, 0) is 6.42 Å². The molecule has 0 atom stereocenters. The highest BCUT2D eigenvalue weighted by atomic mass is 32.1. The lowest BCUT2D eigenvalue weighted by Gasteiger charge is -1.97. The maximum absolute atomic E-state index is 13.4. The number of nitrogen functional groups attached to an aromatic ring is 1. The van der Waals surface area contributed by atoms with Crippen molar-refractivity contribution < 1.29 is 8.91 Å². The molecule has 0 spiro atoms. The molecule has 20 heavy (non-hydrogen) atoms. The molecule has 0 radical (unpaired) electrons. The first-order valence-corrected chi connectivity index (χ1v) is 6.79. The average molecular weight is 290 g/mol. The van der Waals surface area contributed by atoms with Gasteiger partial charge in [-0.05, 0) is 25.1 Å². The highest BCUT2D eigenvalue weighted by molar-refractivity contribution is 7.09. The molecule has 3 aromatic rings. The van der Waals surface area contributed by atoms with Crippen LogP contribution in [0.3, 0.4) is 0 Å². The number of benzene rings is 1. The zero-order valence-electron chi connectivity index (χ0n) is 10.6. The van der Waals surface area contributed by atoms with Gasteiger partial charge in [-0.1, -0.05) is 5.16 Å². The summed E-state index contributed by atoms with van der Waals surface area (Å²) >= 11 is 1.57. The SMILES string of the molecule is Cc1nc(Cc2noc(-c3ccc(N)c(F)c3)n2)cs1. The van der Waals surface area contributed by atoms with E-state index in [2.05, 4.69) is 15.1 Å². The van der Waals surface area contributed by atoms with Crippen molar-refractivity contribution in [2.45, 2.75) is 13.3 Å². The van der Waals surface area contributed by atoms with Crippen molar-refractivity contribution in [3.8, 4) is 11.5 Å². The fourth-order valence-electron chi connectivity index (χ4n) is 1.75. The van der Waals surface area contributed by atoms with E-state index in [0.29, 0.717) is 17.8 Å². The van der Waals surface area contributed by atoms with Crippen molar-refractivity contribution in [3.05, 3.63) is 45.9 Å². The standard InChI is InChI=1S/C13H11FN4OS/c1-7-16-9(6-20-7)5-12-17-13(19-18-12)8-2-3-11(15)10(14)4-8/h2-4,6H,5,15H2,1H3. The van der Waals surface area contributed by atoms with Crippen LogP contribution >= 0.6 is 11.3 Å². The number of nitrogens with zero attached hydrogens (tertiary/aromatic N) is 3. The monoisotopic (exact) mass is 290 g/mol. The van der Waals surface area contributed by atoms with Crippen LogP contribution in [0.5, 0.6) is 0 Å². The summed E-state index contributed by atoms with van der Waals surface area (Å²) in [7, 11) is 0. The van der Waals surface area contributed by atoms with Gasteiger partial charge in [0.05, 0.1) is 22.8 Å². The minimum Gasteiger partial charge on any atom is -0.396 e. The quantitative estimate of drug-likeness (QED) is 0.750. The number of aryl methyl sites for hydroxylation is 1. The van der Waals surface area contributed by atoms with Crippen LogP contribution in [0, 0.1) is 12.7 Å². The van der Waals surface area contributed by atoms with Crippen molar-refractivity contribution in [1.82, 2.24) is 15.1 Å². The normalized spacial score (nSPS) is 10.9. The third kappa shape index (κ3) is 2.53. The molecule has 0 amide bonds. The smallest absolute Gasteiger partial charge is 0.258 e. The van der Waals surface area contributed by atoms with Gasteiger partial charge in [-0.15, -0.1) is 11.3 Å². The lowest BCUT2D eigenvalue weighted by atomic mass is 10.2. The van der Waals surface area contributed by atoms with Crippen molar-refractivity contribution in [3.63, 3.8) is 0 Å². The zero-order chi connectivity index (χ0) is 14.1. The van der Waals surface area contributed by atoms with E-state index in [9.17, 15) is 4.39 Å². The molecule has 0 saturated heterocycles. The molecule has 2 aromatic heterocycles. The van der Waals surface area contributed by atoms with Crippen LogP contribution < -0.4 is 5.73 Å². The topological polar surface area (TPSA) is 77.8 Å². The summed E-state index contributed by atoms with van der Waals surface area (Å²) in [5.41, 5.74) is 6.91. The largest absolute Gasteiger partial charge is 0.396 e. The van der Waals surface area contributed by atoms with E-state index in [0.717, 1.165) is 10.7 Å². The molecule has 7 heteroatoms. The van der Waals surface area contributed by atoms with E-state index in [1.807, 2.05) is 12.3 Å². The molecule has 0 aliphatic rings. The molecule has 102 valence electrons. The lowest BCUT2D eigenvalue weighted by Crippen LogP contribution is -1.92. The highest BCUT2D eigenvalue weighted by Gasteiger charge is 2.12. The number of aromatic nitrogens is 3. The third-order valence-corrected chi connectivity index (χ3v) is 3.54. The fourth-order valence-corrected chi connectivity index (χ4v) is 2.37. The number of hydrogen-bond acceptors (Lipinski definition) is 6. The Morgan fingerprint density at radius 3 is 2.90 bits per heavy atom. The molecule has 0 unspecified atom stereocenters. The maximum atomic E-state index is 13.4. The second-order valence-corrected chi connectivity index (χ2v) is 5.35. The van der Waals surface area contributed by atoms with Gasteiger partial charge < -0.3 is 10.3 Å². The molecule has 0 aliphatic carbocycles. The van der Waals surface area contributed by atoms with E-state index in [1.165, 1.54) is 12.1 Å². The van der Waals surface area contributed by atoms with Crippen molar-refractivity contribution >= 4 is 17.0 Å². The van der Waals surface area contributed by atoms with Crippen molar-refractivity contribution in [1.29, 1.82) is 0 Å². The zero-order valence-corrected chi connectivity index (χ0v) is 11.4. The summed E-state index contributed by atoms with van der Waals surface area (Å²) < 4.78 is 18.5. The van der Waals surface area contributed by atoms with Gasteiger partial charge in [-0.3, -0.25) is 0 Å². The molecule has 0 bridgehead atoms. The van der Waals surface area contributed by atoms with Gasteiger partial charge in [-0.2, -0.15) is 4.98 Å². The van der Waals surface area contributed by atoms with Gasteiger partial charge >= 0.3 is 0 Å². The van der Waals surface area contributed by atoms with E-state index < -0.39 is 5.82 Å². The average Bonchev–Trinajstić information content (AvgIpc) is 3.03. The third-order valence-electron chi connectivity index (χ3n) is 2.72. The van der Waals surface area contributed by atoms with Gasteiger partial charge in [0.15, 0.2) is 5.82 Å². The highest BCUT2D eigenvalue weighted by Crippen LogP contribution is 2.22. The molecule has 2 N–H and O–H groups in total. The summed E-state index contributed by atoms with van der Waals surface area (Å²) in [5.74, 6) is 0.283.